The van der Waals surface area contributed by atoms with E-state index in [0.717, 1.165) is 23.5 Å². The molecule has 1 aromatic carbocycles. The van der Waals surface area contributed by atoms with E-state index in [1.807, 2.05) is 0 Å². The molecule has 0 radical (unpaired) electrons. The zero-order chi connectivity index (χ0) is 14.7. The first-order valence-electron chi connectivity index (χ1n) is 5.48. The van der Waals surface area contributed by atoms with E-state index < -0.39 is 17.7 Å². The van der Waals surface area contributed by atoms with Gasteiger partial charge in [0, 0.05) is 11.1 Å². The molecule has 4 N–H and O–H groups in total. The number of halogens is 1. The molecule has 20 heavy (non-hydrogen) atoms. The molecule has 0 aliphatic carbocycles. The van der Waals surface area contributed by atoms with Crippen LogP contribution in [0.25, 0.3) is 0 Å². The van der Waals surface area contributed by atoms with Crippen molar-refractivity contribution in [3.05, 3.63) is 45.7 Å². The molecule has 1 heterocycles. The Bertz CT molecular complexity index is 672. The van der Waals surface area contributed by atoms with E-state index in [0.29, 0.717) is 5.01 Å². The summed E-state index contributed by atoms with van der Waals surface area (Å²) in [4.78, 5) is 26.3. The largest absolute Gasteiger partial charge is 0.476 e. The zero-order valence-electron chi connectivity index (χ0n) is 10.1. The third-order valence-electron chi connectivity index (χ3n) is 2.43. The molecule has 0 saturated heterocycles. The smallest absolute Gasteiger partial charge is 0.355 e. The van der Waals surface area contributed by atoms with Crippen LogP contribution in [0, 0.1) is 5.82 Å². The van der Waals surface area contributed by atoms with E-state index in [4.69, 9.17) is 10.8 Å². The molecule has 2 rings (SSSR count). The third kappa shape index (κ3) is 3.09. The summed E-state index contributed by atoms with van der Waals surface area (Å²) in [6, 6.07) is 3.50. The van der Waals surface area contributed by atoms with Gasteiger partial charge in [-0.1, -0.05) is 0 Å². The first kappa shape index (κ1) is 13.9. The Balaban J connectivity index is 2.04. The SMILES string of the molecule is Nc1ccc(F)cc1C(=O)NCc1nc(C(=O)O)cs1. The van der Waals surface area contributed by atoms with Crippen LogP contribution in [0.1, 0.15) is 25.9 Å². The highest BCUT2D eigenvalue weighted by Crippen LogP contribution is 2.14. The molecule has 0 bridgehead atoms. The lowest BCUT2D eigenvalue weighted by molar-refractivity contribution is 0.0691. The number of hydrogen-bond acceptors (Lipinski definition) is 5. The molecule has 0 spiro atoms. The first-order chi connectivity index (χ1) is 9.47. The Morgan fingerprint density at radius 1 is 1.45 bits per heavy atom. The maximum Gasteiger partial charge on any atom is 0.355 e. The van der Waals surface area contributed by atoms with E-state index >= 15 is 0 Å². The second-order valence-corrected chi connectivity index (χ2v) is 4.79. The number of carbonyl (C=O) groups is 2. The van der Waals surface area contributed by atoms with Gasteiger partial charge >= 0.3 is 5.97 Å². The first-order valence-corrected chi connectivity index (χ1v) is 6.36. The van der Waals surface area contributed by atoms with E-state index in [1.54, 1.807) is 0 Å². The lowest BCUT2D eigenvalue weighted by atomic mass is 10.1. The van der Waals surface area contributed by atoms with E-state index in [9.17, 15) is 14.0 Å². The lowest BCUT2D eigenvalue weighted by Gasteiger charge is -2.06. The predicted molar refractivity (Wildman–Crippen MR) is 71.1 cm³/mol. The van der Waals surface area contributed by atoms with Gasteiger partial charge in [0.2, 0.25) is 0 Å². The molecule has 1 aromatic heterocycles. The van der Waals surface area contributed by atoms with E-state index in [2.05, 4.69) is 10.3 Å². The second-order valence-electron chi connectivity index (χ2n) is 3.85. The van der Waals surface area contributed by atoms with Crippen molar-refractivity contribution < 1.29 is 19.1 Å². The Kier molecular flexibility index (Phi) is 3.94. The van der Waals surface area contributed by atoms with Gasteiger partial charge in [-0.2, -0.15) is 0 Å². The highest BCUT2D eigenvalue weighted by atomic mass is 32.1. The summed E-state index contributed by atoms with van der Waals surface area (Å²) in [5, 5.41) is 13.0. The fourth-order valence-corrected chi connectivity index (χ4v) is 2.17. The molecular formula is C12H10FN3O3S. The molecule has 2 aromatic rings. The normalized spacial score (nSPS) is 10.2. The van der Waals surface area contributed by atoms with Crippen LogP contribution in [0.2, 0.25) is 0 Å². The summed E-state index contributed by atoms with van der Waals surface area (Å²) in [5.74, 6) is -2.24. The van der Waals surface area contributed by atoms with Crippen molar-refractivity contribution in [2.75, 3.05) is 5.73 Å². The number of nitrogens with zero attached hydrogens (tertiary/aromatic N) is 1. The molecule has 0 unspecified atom stereocenters. The molecule has 8 heteroatoms. The molecule has 0 aliphatic heterocycles. The van der Waals surface area contributed by atoms with Crippen LogP contribution in [-0.2, 0) is 6.54 Å². The quantitative estimate of drug-likeness (QED) is 0.741. The van der Waals surface area contributed by atoms with Gasteiger partial charge in [-0.05, 0) is 18.2 Å². The number of benzene rings is 1. The van der Waals surface area contributed by atoms with Gasteiger partial charge < -0.3 is 16.2 Å². The van der Waals surface area contributed by atoms with Crippen molar-refractivity contribution in [2.45, 2.75) is 6.54 Å². The maximum absolute atomic E-state index is 13.1. The number of rotatable bonds is 4. The number of aromatic carboxylic acids is 1. The van der Waals surface area contributed by atoms with Gasteiger partial charge in [-0.15, -0.1) is 11.3 Å². The standard InChI is InChI=1S/C12H10FN3O3S/c13-6-1-2-8(14)7(3-6)11(17)15-4-10-16-9(5-20-10)12(18)19/h1-3,5H,4,14H2,(H,15,17)(H,18,19). The minimum absolute atomic E-state index is 0.0278. The van der Waals surface area contributed by atoms with Crippen molar-refractivity contribution in [2.24, 2.45) is 0 Å². The number of hydrogen-bond donors (Lipinski definition) is 3. The van der Waals surface area contributed by atoms with E-state index in [1.165, 1.54) is 11.4 Å². The highest BCUT2D eigenvalue weighted by Gasteiger charge is 2.13. The van der Waals surface area contributed by atoms with Crippen molar-refractivity contribution in [1.29, 1.82) is 0 Å². The van der Waals surface area contributed by atoms with Crippen LogP contribution >= 0.6 is 11.3 Å². The molecular weight excluding hydrogens is 285 g/mol. The topological polar surface area (TPSA) is 105 Å². The number of nitrogen functional groups attached to an aromatic ring is 1. The number of nitrogens with one attached hydrogen (secondary N) is 1. The van der Waals surface area contributed by atoms with Gasteiger partial charge in [-0.25, -0.2) is 14.2 Å². The Morgan fingerprint density at radius 2 is 2.20 bits per heavy atom. The highest BCUT2D eigenvalue weighted by molar-refractivity contribution is 7.09. The monoisotopic (exact) mass is 295 g/mol. The van der Waals surface area contributed by atoms with Gasteiger partial charge in [-0.3, -0.25) is 4.79 Å². The van der Waals surface area contributed by atoms with Crippen molar-refractivity contribution in [3.63, 3.8) is 0 Å². The number of nitrogens with two attached hydrogens (primary N) is 1. The number of thiazole rings is 1. The number of carbonyl (C=O) groups excluding carboxylic acids is 1. The minimum atomic E-state index is -1.13. The summed E-state index contributed by atoms with van der Waals surface area (Å²) < 4.78 is 13.1. The van der Waals surface area contributed by atoms with Crippen LogP contribution in [0.15, 0.2) is 23.6 Å². The molecule has 0 aliphatic rings. The zero-order valence-corrected chi connectivity index (χ0v) is 10.9. The lowest BCUT2D eigenvalue weighted by Crippen LogP contribution is -2.24. The molecule has 104 valence electrons. The Morgan fingerprint density at radius 3 is 2.85 bits per heavy atom. The number of aromatic nitrogens is 1. The van der Waals surface area contributed by atoms with Crippen LogP contribution < -0.4 is 11.1 Å². The summed E-state index contributed by atoms with van der Waals surface area (Å²) in [5.41, 5.74) is 5.69. The number of carboxylic acid groups (broad SMARTS) is 1. The fraction of sp³-hybridized carbons (Fsp3) is 0.0833. The average Bonchev–Trinajstić information content (AvgIpc) is 2.88. The number of carboxylic acids is 1. The fourth-order valence-electron chi connectivity index (χ4n) is 1.47. The van der Waals surface area contributed by atoms with Crippen LogP contribution in [0.4, 0.5) is 10.1 Å². The average molecular weight is 295 g/mol. The van der Waals surface area contributed by atoms with E-state index in [-0.39, 0.29) is 23.5 Å². The summed E-state index contributed by atoms with van der Waals surface area (Å²) in [6.07, 6.45) is 0. The number of amides is 1. The molecule has 6 nitrogen and oxygen atoms in total. The molecule has 1 amide bonds. The minimum Gasteiger partial charge on any atom is -0.476 e. The van der Waals surface area contributed by atoms with Crippen LogP contribution in [0.5, 0.6) is 0 Å². The molecule has 0 saturated carbocycles. The maximum atomic E-state index is 13.1. The van der Waals surface area contributed by atoms with Crippen LogP contribution in [0.3, 0.4) is 0 Å². The molecule has 0 atom stereocenters. The third-order valence-corrected chi connectivity index (χ3v) is 3.28. The van der Waals surface area contributed by atoms with Gasteiger partial charge in [0.1, 0.15) is 10.8 Å². The van der Waals surface area contributed by atoms with Crippen molar-refractivity contribution in [3.8, 4) is 0 Å². The van der Waals surface area contributed by atoms with Crippen LogP contribution in [-0.4, -0.2) is 22.0 Å². The van der Waals surface area contributed by atoms with Gasteiger partial charge in [0.15, 0.2) is 5.69 Å². The molecule has 0 fully saturated rings. The predicted octanol–water partition coefficient (Wildman–Crippen LogP) is 1.49. The number of anilines is 1. The van der Waals surface area contributed by atoms with Crippen molar-refractivity contribution in [1.82, 2.24) is 10.3 Å². The van der Waals surface area contributed by atoms with Gasteiger partial charge in [0.05, 0.1) is 12.1 Å². The Hall–Kier alpha value is -2.48. The summed E-state index contributed by atoms with van der Waals surface area (Å²) in [7, 11) is 0. The van der Waals surface area contributed by atoms with Gasteiger partial charge in [0.25, 0.3) is 5.91 Å². The summed E-state index contributed by atoms with van der Waals surface area (Å²) in [6.45, 7) is 0.0483. The van der Waals surface area contributed by atoms with Crippen molar-refractivity contribution >= 4 is 28.9 Å². The second kappa shape index (κ2) is 5.66. The summed E-state index contributed by atoms with van der Waals surface area (Å²) >= 11 is 1.11. The Labute approximate surface area is 117 Å².